The molecule has 2 aromatic carbocycles. The number of carbonyl (C=O) groups is 8. The number of esters is 4. The zero-order valence-corrected chi connectivity index (χ0v) is 43.0. The molecule has 8 atom stereocenters. The van der Waals surface area contributed by atoms with Crippen molar-refractivity contribution in [2.45, 2.75) is 156 Å². The third-order valence-electron chi connectivity index (χ3n) is 12.1. The lowest BCUT2D eigenvalue weighted by Gasteiger charge is -2.35. The summed E-state index contributed by atoms with van der Waals surface area (Å²) in [5.74, 6) is -7.49. The van der Waals surface area contributed by atoms with Crippen molar-refractivity contribution in [1.82, 2.24) is 19.6 Å². The molecule has 8 unspecified atom stereocenters. The van der Waals surface area contributed by atoms with Gasteiger partial charge in [0.1, 0.15) is 29.9 Å². The molecule has 0 aromatic heterocycles. The Kier molecular flexibility index (Phi) is 21.7. The fourth-order valence-corrected chi connectivity index (χ4v) is 8.15. The average molecular weight is 965 g/mol. The first-order valence-electron chi connectivity index (χ1n) is 23.9. The van der Waals surface area contributed by atoms with Gasteiger partial charge in [-0.25, -0.2) is 19.2 Å². The Hall–Kier alpha value is -6.00. The molecule has 1 saturated heterocycles. The highest BCUT2D eigenvalue weighted by Gasteiger charge is 2.43. The molecule has 1 fully saturated rings. The third kappa shape index (κ3) is 16.6. The lowest BCUT2D eigenvalue weighted by atomic mass is 10.00. The van der Waals surface area contributed by atoms with E-state index in [0.29, 0.717) is 11.1 Å². The van der Waals surface area contributed by atoms with Gasteiger partial charge in [-0.1, -0.05) is 97.9 Å². The molecule has 69 heavy (non-hydrogen) atoms. The van der Waals surface area contributed by atoms with E-state index in [4.69, 9.17) is 18.9 Å². The van der Waals surface area contributed by atoms with Crippen LogP contribution < -0.4 is 0 Å². The molecule has 17 heteroatoms. The molecule has 0 saturated carbocycles. The van der Waals surface area contributed by atoms with Crippen molar-refractivity contribution in [3.05, 3.63) is 65.7 Å². The quantitative estimate of drug-likeness (QED) is 0.210. The number of phenols is 1. The van der Waals surface area contributed by atoms with E-state index >= 15 is 0 Å². The van der Waals surface area contributed by atoms with E-state index in [9.17, 15) is 43.5 Å². The first-order chi connectivity index (χ1) is 32.2. The average Bonchev–Trinajstić information content (AvgIpc) is 3.28. The van der Waals surface area contributed by atoms with Crippen molar-refractivity contribution in [2.75, 3.05) is 28.2 Å². The molecule has 17 nitrogen and oxygen atoms in total. The van der Waals surface area contributed by atoms with Crippen LogP contribution in [0.3, 0.4) is 0 Å². The van der Waals surface area contributed by atoms with Crippen LogP contribution >= 0.6 is 0 Å². The summed E-state index contributed by atoms with van der Waals surface area (Å²) in [7, 11) is 5.48. The largest absolute Gasteiger partial charge is 0.508 e. The maximum absolute atomic E-state index is 14.6. The zero-order valence-electron chi connectivity index (χ0n) is 43.0. The third-order valence-corrected chi connectivity index (χ3v) is 12.1. The summed E-state index contributed by atoms with van der Waals surface area (Å²) in [6, 6.07) is 9.65. The standard InChI is InChI=1S/C52H76N4O13/c1-30(2)24-39-49(62)66-35(10)46(59)54(12)42(27-33(7)8)52(65)69-44(29-37-20-22-38(57)23-21-37)48(61)56(14)40(25-31(3)4)50(63)67-34(9)45(58)53(11)41(26-32(5)6)51(64)68-43(47(60)55(39)13)28-36-18-16-15-17-19-36/h15-23,30-35,39-44,57H,24-29H2,1-14H3. The van der Waals surface area contributed by atoms with Crippen LogP contribution in [0.15, 0.2) is 54.6 Å². The molecular weight excluding hydrogens is 889 g/mol. The first-order valence-corrected chi connectivity index (χ1v) is 23.9. The van der Waals surface area contributed by atoms with Crippen molar-refractivity contribution in [3.8, 4) is 5.75 Å². The summed E-state index contributed by atoms with van der Waals surface area (Å²) in [6.45, 7) is 17.4. The van der Waals surface area contributed by atoms with Crippen LogP contribution in [0.4, 0.5) is 0 Å². The predicted molar refractivity (Wildman–Crippen MR) is 257 cm³/mol. The molecule has 4 amide bonds. The molecule has 0 bridgehead atoms. The minimum atomic E-state index is -1.56. The maximum Gasteiger partial charge on any atom is 0.329 e. The van der Waals surface area contributed by atoms with Crippen LogP contribution in [0.2, 0.25) is 0 Å². The molecule has 0 radical (unpaired) electrons. The number of likely N-dealkylation sites (N-methyl/N-ethyl adjacent to an activating group) is 4. The number of cyclic esters (lactones) is 4. The summed E-state index contributed by atoms with van der Waals surface area (Å²) in [6.07, 6.45) is -5.92. The molecular formula is C52H76N4O13. The lowest BCUT2D eigenvalue weighted by Crippen LogP contribution is -2.55. The summed E-state index contributed by atoms with van der Waals surface area (Å²) < 4.78 is 23.7. The highest BCUT2D eigenvalue weighted by molar-refractivity contribution is 5.94. The summed E-state index contributed by atoms with van der Waals surface area (Å²) >= 11 is 0. The van der Waals surface area contributed by atoms with Gasteiger partial charge in [0.05, 0.1) is 0 Å². The summed E-state index contributed by atoms with van der Waals surface area (Å²) in [4.78, 5) is 119. The van der Waals surface area contributed by atoms with Gasteiger partial charge in [0.2, 0.25) is 0 Å². The molecule has 382 valence electrons. The number of rotatable bonds is 12. The SMILES string of the molecule is CC(C)CC1C(=O)OC(Cc2ccc(O)cc2)C(=O)N(C)C(CC(C)C)C(=O)OC(C)C(=O)N(C)C(CC(C)C)C(=O)OC(Cc2ccccc2)C(=O)N(C)C(CC(C)C)C(=O)OC(C)C(=O)N1C. The van der Waals surface area contributed by atoms with Gasteiger partial charge in [-0.05, 0) is 86.5 Å². The van der Waals surface area contributed by atoms with E-state index in [2.05, 4.69) is 0 Å². The molecule has 2 aromatic rings. The number of carbonyl (C=O) groups excluding carboxylic acids is 8. The Bertz CT molecular complexity index is 2060. The van der Waals surface area contributed by atoms with Crippen LogP contribution in [0, 0.1) is 23.7 Å². The normalized spacial score (nSPS) is 25.0. The van der Waals surface area contributed by atoms with Crippen LogP contribution in [0.5, 0.6) is 5.75 Å². The number of ether oxygens (including phenoxy) is 4. The van der Waals surface area contributed by atoms with E-state index in [0.717, 1.165) is 19.6 Å². The number of hydrogen-bond acceptors (Lipinski definition) is 13. The lowest BCUT2D eigenvalue weighted by molar-refractivity contribution is -0.176. The second kappa shape index (κ2) is 26.1. The number of hydrogen-bond donors (Lipinski definition) is 1. The Morgan fingerprint density at radius 2 is 0.696 bits per heavy atom. The highest BCUT2D eigenvalue weighted by atomic mass is 16.6. The van der Waals surface area contributed by atoms with Crippen LogP contribution in [-0.4, -0.2) is 149 Å². The number of benzene rings is 2. The van der Waals surface area contributed by atoms with Crippen molar-refractivity contribution >= 4 is 47.5 Å². The van der Waals surface area contributed by atoms with E-state index in [1.165, 1.54) is 54.2 Å². The van der Waals surface area contributed by atoms with Crippen molar-refractivity contribution in [3.63, 3.8) is 0 Å². The van der Waals surface area contributed by atoms with Gasteiger partial charge < -0.3 is 43.7 Å². The van der Waals surface area contributed by atoms with Crippen molar-refractivity contribution in [1.29, 1.82) is 0 Å². The minimum Gasteiger partial charge on any atom is -0.508 e. The fourth-order valence-electron chi connectivity index (χ4n) is 8.15. The molecule has 0 aliphatic carbocycles. The summed E-state index contributed by atoms with van der Waals surface area (Å²) in [5.41, 5.74) is 1.14. The molecule has 0 spiro atoms. The van der Waals surface area contributed by atoms with E-state index in [-0.39, 0.29) is 67.9 Å². The van der Waals surface area contributed by atoms with Gasteiger partial charge in [0.15, 0.2) is 24.4 Å². The van der Waals surface area contributed by atoms with E-state index in [1.54, 1.807) is 42.5 Å². The molecule has 1 N–H and O–H groups in total. The second-order valence-electron chi connectivity index (χ2n) is 19.9. The van der Waals surface area contributed by atoms with Gasteiger partial charge in [0.25, 0.3) is 23.6 Å². The molecule has 1 aliphatic heterocycles. The van der Waals surface area contributed by atoms with Gasteiger partial charge in [-0.15, -0.1) is 0 Å². The van der Waals surface area contributed by atoms with E-state index in [1.807, 2.05) is 55.4 Å². The summed E-state index contributed by atoms with van der Waals surface area (Å²) in [5, 5.41) is 10.00. The first kappa shape index (κ1) is 57.3. The Balaban J connectivity index is 2.25. The van der Waals surface area contributed by atoms with Gasteiger partial charge >= 0.3 is 23.9 Å². The van der Waals surface area contributed by atoms with Crippen molar-refractivity contribution in [2.24, 2.45) is 23.7 Å². The van der Waals surface area contributed by atoms with Crippen LogP contribution in [0.1, 0.15) is 106 Å². The number of amides is 4. The van der Waals surface area contributed by atoms with Crippen LogP contribution in [0.25, 0.3) is 0 Å². The Morgan fingerprint density at radius 1 is 0.420 bits per heavy atom. The number of aromatic hydroxyl groups is 1. The molecule has 1 aliphatic rings. The molecule has 3 rings (SSSR count). The number of phenolic OH excluding ortho intramolecular Hbond substituents is 1. The maximum atomic E-state index is 14.6. The monoisotopic (exact) mass is 965 g/mol. The number of nitrogens with zero attached hydrogens (tertiary/aromatic N) is 4. The van der Waals surface area contributed by atoms with Gasteiger partial charge in [-0.2, -0.15) is 0 Å². The Morgan fingerprint density at radius 3 is 1.00 bits per heavy atom. The topological polar surface area (TPSA) is 207 Å². The van der Waals surface area contributed by atoms with Crippen LogP contribution in [-0.2, 0) is 70.1 Å². The highest BCUT2D eigenvalue weighted by Crippen LogP contribution is 2.24. The van der Waals surface area contributed by atoms with Gasteiger partial charge in [-0.3, -0.25) is 19.2 Å². The Labute approximate surface area is 408 Å². The zero-order chi connectivity index (χ0) is 52.0. The minimum absolute atomic E-state index is 0.0395. The second-order valence-corrected chi connectivity index (χ2v) is 19.9. The molecule has 1 heterocycles. The smallest absolute Gasteiger partial charge is 0.329 e. The fraction of sp³-hybridized carbons (Fsp3) is 0.615. The van der Waals surface area contributed by atoms with Gasteiger partial charge in [0, 0.05) is 41.0 Å². The van der Waals surface area contributed by atoms with Crippen molar-refractivity contribution < 1.29 is 62.4 Å². The van der Waals surface area contributed by atoms with E-state index < -0.39 is 96.1 Å². The predicted octanol–water partition coefficient (Wildman–Crippen LogP) is 5.37.